The third kappa shape index (κ3) is 5.34. The predicted molar refractivity (Wildman–Crippen MR) is 158 cm³/mol. The molecule has 0 aromatic heterocycles. The molecule has 4 N–H and O–H groups in total. The van der Waals surface area contributed by atoms with Crippen LogP contribution >= 0.6 is 0 Å². The average Bonchev–Trinajstić information content (AvgIpc) is 3.42. The lowest BCUT2D eigenvalue weighted by Gasteiger charge is -2.58. The lowest BCUT2D eigenvalue weighted by molar-refractivity contribution is -0.137. The van der Waals surface area contributed by atoms with Gasteiger partial charge in [0.25, 0.3) is 5.91 Å². The van der Waals surface area contributed by atoms with Gasteiger partial charge in [-0.15, -0.1) is 0 Å². The van der Waals surface area contributed by atoms with Crippen LogP contribution in [-0.4, -0.2) is 121 Å². The average molecular weight is 566 g/mol. The highest BCUT2D eigenvalue weighted by molar-refractivity contribution is 5.97. The molecule has 1 spiro atoms. The Bertz CT molecular complexity index is 1150. The Balaban J connectivity index is 1.23. The Morgan fingerprint density at radius 1 is 1.17 bits per heavy atom. The smallest absolute Gasteiger partial charge is 0.254 e. The maximum absolute atomic E-state index is 13.5. The summed E-state index contributed by atoms with van der Waals surface area (Å²) in [5, 5.41) is 7.66. The van der Waals surface area contributed by atoms with Crippen LogP contribution in [0.25, 0.3) is 0 Å². The zero-order chi connectivity index (χ0) is 28.7. The maximum Gasteiger partial charge on any atom is 0.254 e. The maximum atomic E-state index is 13.5. The standard InChI is InChI=1S/C31H47N7O3/c1-4-27(39)38-15-14-37(19-23(38)18-32)28-25-11-12-31(16-21-8-5-6-10-24(21)29(40)36(31)3)17-26(25)33-30(34-28)41-20-22-9-7-13-35(22)2/h4-6,8,10,22-23,25-26,28,30,33-34H,1,7,9,11-20,32H2,2-3H3/t22-,23-,25?,26?,28?,30?,31+/m0/s1. The van der Waals surface area contributed by atoms with Gasteiger partial charge in [0, 0.05) is 62.3 Å². The van der Waals surface area contributed by atoms with Crippen LogP contribution in [0.4, 0.5) is 0 Å². The molecule has 1 saturated carbocycles. The minimum Gasteiger partial charge on any atom is -0.348 e. The number of likely N-dealkylation sites (tertiary alicyclic amines) is 1. The molecule has 3 saturated heterocycles. The third-order valence-electron chi connectivity index (χ3n) is 10.7. The lowest BCUT2D eigenvalue weighted by atomic mass is 9.66. The molecule has 6 rings (SSSR count). The number of fused-ring (bicyclic) bond motifs is 2. The van der Waals surface area contributed by atoms with Crippen LogP contribution in [0.1, 0.15) is 48.0 Å². The van der Waals surface area contributed by atoms with Crippen LogP contribution < -0.4 is 16.4 Å². The summed E-state index contributed by atoms with van der Waals surface area (Å²) in [4.78, 5) is 34.7. The first-order valence-electron chi connectivity index (χ1n) is 15.4. The molecule has 1 aromatic rings. The van der Waals surface area contributed by atoms with Gasteiger partial charge in [-0.3, -0.25) is 25.1 Å². The highest BCUT2D eigenvalue weighted by Crippen LogP contribution is 2.44. The number of nitrogens with one attached hydrogen (secondary N) is 2. The molecule has 224 valence electrons. The molecule has 4 aliphatic heterocycles. The number of hydrogen-bond acceptors (Lipinski definition) is 8. The highest BCUT2D eigenvalue weighted by atomic mass is 16.5. The second kappa shape index (κ2) is 11.7. The summed E-state index contributed by atoms with van der Waals surface area (Å²) in [6.07, 6.45) is 7.28. The number of nitrogens with zero attached hydrogens (tertiary/aromatic N) is 4. The van der Waals surface area contributed by atoms with Gasteiger partial charge in [-0.2, -0.15) is 0 Å². The van der Waals surface area contributed by atoms with Crippen molar-refractivity contribution in [2.24, 2.45) is 11.7 Å². The fraction of sp³-hybridized carbons (Fsp3) is 0.677. The van der Waals surface area contributed by atoms with Gasteiger partial charge in [-0.1, -0.05) is 24.8 Å². The molecule has 4 fully saturated rings. The van der Waals surface area contributed by atoms with Gasteiger partial charge in [0.15, 0.2) is 6.35 Å². The number of piperazine rings is 1. The zero-order valence-electron chi connectivity index (χ0n) is 24.6. The minimum atomic E-state index is -0.286. The fourth-order valence-electron chi connectivity index (χ4n) is 8.21. The van der Waals surface area contributed by atoms with E-state index in [1.807, 2.05) is 35.0 Å². The van der Waals surface area contributed by atoms with Crippen molar-refractivity contribution in [3.05, 3.63) is 48.0 Å². The normalized spacial score (nSPS) is 36.3. The van der Waals surface area contributed by atoms with Crippen molar-refractivity contribution in [1.82, 2.24) is 30.2 Å². The first-order chi connectivity index (χ1) is 19.8. The SMILES string of the molecule is C=CC(=O)N1CCN(C2NC(OC[C@@H]3CCCN3C)NC3C[C@@]4(CCC32)Cc2ccccc2C(=O)N4C)C[C@@H]1CN. The highest BCUT2D eigenvalue weighted by Gasteiger charge is 2.53. The molecule has 41 heavy (non-hydrogen) atoms. The van der Waals surface area contributed by atoms with E-state index >= 15 is 0 Å². The van der Waals surface area contributed by atoms with Gasteiger partial charge in [-0.05, 0) is 69.8 Å². The van der Waals surface area contributed by atoms with Crippen LogP contribution in [0.3, 0.4) is 0 Å². The van der Waals surface area contributed by atoms with E-state index in [1.165, 1.54) is 12.5 Å². The summed E-state index contributed by atoms with van der Waals surface area (Å²) in [6, 6.07) is 8.65. The first-order valence-corrected chi connectivity index (χ1v) is 15.4. The Kier molecular flexibility index (Phi) is 8.24. The summed E-state index contributed by atoms with van der Waals surface area (Å²) in [5.41, 5.74) is 7.95. The Labute approximate surface area is 244 Å². The number of carbonyl (C=O) groups excluding carboxylic acids is 2. The third-order valence-corrected chi connectivity index (χ3v) is 10.7. The first kappa shape index (κ1) is 28.8. The molecule has 0 radical (unpaired) electrons. The fourth-order valence-corrected chi connectivity index (χ4v) is 8.21. The van der Waals surface area contributed by atoms with Crippen molar-refractivity contribution in [1.29, 1.82) is 0 Å². The van der Waals surface area contributed by atoms with Gasteiger partial charge in [0.05, 0.1) is 18.8 Å². The molecule has 2 amide bonds. The van der Waals surface area contributed by atoms with Crippen molar-refractivity contribution in [3.8, 4) is 0 Å². The van der Waals surface area contributed by atoms with Gasteiger partial charge >= 0.3 is 0 Å². The largest absolute Gasteiger partial charge is 0.348 e. The molecule has 5 aliphatic rings. The van der Waals surface area contributed by atoms with E-state index in [2.05, 4.69) is 40.1 Å². The van der Waals surface area contributed by atoms with E-state index in [1.54, 1.807) is 0 Å². The van der Waals surface area contributed by atoms with E-state index < -0.39 is 0 Å². The zero-order valence-corrected chi connectivity index (χ0v) is 24.6. The molecule has 4 heterocycles. The second-order valence-electron chi connectivity index (χ2n) is 12.8. The van der Waals surface area contributed by atoms with E-state index in [9.17, 15) is 9.59 Å². The summed E-state index contributed by atoms with van der Waals surface area (Å²) in [7, 11) is 4.17. The lowest BCUT2D eigenvalue weighted by Crippen LogP contribution is -2.74. The number of amides is 2. The Morgan fingerprint density at radius 2 is 2.00 bits per heavy atom. The second-order valence-corrected chi connectivity index (χ2v) is 12.8. The van der Waals surface area contributed by atoms with Crippen LogP contribution in [0.15, 0.2) is 36.9 Å². The van der Waals surface area contributed by atoms with E-state index in [0.29, 0.717) is 38.2 Å². The topological polar surface area (TPSA) is 106 Å². The molecular formula is C31H47N7O3. The molecule has 10 heteroatoms. The van der Waals surface area contributed by atoms with Crippen molar-refractivity contribution in [2.75, 3.05) is 53.4 Å². The van der Waals surface area contributed by atoms with Crippen molar-refractivity contribution in [3.63, 3.8) is 0 Å². The summed E-state index contributed by atoms with van der Waals surface area (Å²) in [6.45, 7) is 8.01. The number of ether oxygens (including phenoxy) is 1. The quantitative estimate of drug-likeness (QED) is 0.435. The molecular weight excluding hydrogens is 518 g/mol. The monoisotopic (exact) mass is 565 g/mol. The van der Waals surface area contributed by atoms with Crippen molar-refractivity contribution >= 4 is 11.8 Å². The number of benzene rings is 1. The predicted octanol–water partition coefficient (Wildman–Crippen LogP) is 0.793. The van der Waals surface area contributed by atoms with Crippen molar-refractivity contribution in [2.45, 2.75) is 74.7 Å². The Morgan fingerprint density at radius 3 is 2.76 bits per heavy atom. The number of rotatable bonds is 6. The van der Waals surface area contributed by atoms with Crippen LogP contribution in [0, 0.1) is 5.92 Å². The van der Waals surface area contributed by atoms with Crippen molar-refractivity contribution < 1.29 is 14.3 Å². The molecule has 1 aromatic carbocycles. The molecule has 10 nitrogen and oxygen atoms in total. The van der Waals surface area contributed by atoms with Crippen LogP contribution in [0.2, 0.25) is 0 Å². The molecule has 1 aliphatic carbocycles. The van der Waals surface area contributed by atoms with E-state index in [0.717, 1.165) is 56.3 Å². The van der Waals surface area contributed by atoms with Gasteiger partial charge in [0.1, 0.15) is 0 Å². The summed E-state index contributed by atoms with van der Waals surface area (Å²) in [5.74, 6) is 0.417. The summed E-state index contributed by atoms with van der Waals surface area (Å²) >= 11 is 0. The summed E-state index contributed by atoms with van der Waals surface area (Å²) < 4.78 is 6.54. The van der Waals surface area contributed by atoms with Crippen LogP contribution in [-0.2, 0) is 16.0 Å². The van der Waals surface area contributed by atoms with Gasteiger partial charge in [0.2, 0.25) is 5.91 Å². The van der Waals surface area contributed by atoms with Gasteiger partial charge in [-0.25, -0.2) is 0 Å². The van der Waals surface area contributed by atoms with E-state index in [-0.39, 0.29) is 42.0 Å². The van der Waals surface area contributed by atoms with Gasteiger partial charge < -0.3 is 25.2 Å². The number of likely N-dealkylation sites (N-methyl/N-ethyl adjacent to an activating group) is 2. The molecule has 4 unspecified atom stereocenters. The number of nitrogens with two attached hydrogens (primary N) is 1. The van der Waals surface area contributed by atoms with Crippen LogP contribution in [0.5, 0.6) is 0 Å². The van der Waals surface area contributed by atoms with E-state index in [4.69, 9.17) is 10.5 Å². The minimum absolute atomic E-state index is 0.0515. The number of hydrogen-bond donors (Lipinski definition) is 3. The molecule has 7 atom stereocenters. The number of carbonyl (C=O) groups is 2. The molecule has 0 bridgehead atoms. The Hall–Kier alpha value is -2.34.